The zero-order valence-electron chi connectivity index (χ0n) is 39.5. The summed E-state index contributed by atoms with van der Waals surface area (Å²) >= 11 is 0. The second-order valence-electron chi connectivity index (χ2n) is 18.0. The van der Waals surface area contributed by atoms with Gasteiger partial charge in [0.15, 0.2) is 0 Å². The summed E-state index contributed by atoms with van der Waals surface area (Å²) in [5.41, 5.74) is 1.61. The molecule has 0 radical (unpaired) electrons. The van der Waals surface area contributed by atoms with Crippen LogP contribution in [0.4, 0.5) is 11.4 Å². The molecule has 3 aromatic rings. The summed E-state index contributed by atoms with van der Waals surface area (Å²) in [7, 11) is 3.47. The third-order valence-corrected chi connectivity index (χ3v) is 13.2. The van der Waals surface area contributed by atoms with Crippen molar-refractivity contribution in [2.75, 3.05) is 51.0 Å². The number of nitrogens with zero attached hydrogens (tertiary/aromatic N) is 3. The van der Waals surface area contributed by atoms with Gasteiger partial charge < -0.3 is 54.9 Å². The molecule has 1 fully saturated rings. The highest BCUT2D eigenvalue weighted by atomic mass is 16.7. The number of rotatable bonds is 7. The predicted molar refractivity (Wildman–Crippen MR) is 253 cm³/mol. The van der Waals surface area contributed by atoms with Crippen LogP contribution in [-0.2, 0) is 30.3 Å². The van der Waals surface area contributed by atoms with E-state index in [4.69, 9.17) is 18.9 Å². The van der Waals surface area contributed by atoms with Gasteiger partial charge in [0.05, 0.1) is 58.7 Å². The number of carbonyl (C=O) groups is 3. The number of likely N-dealkylation sites (N-methyl/N-ethyl adjacent to an activating group) is 1. The lowest BCUT2D eigenvalue weighted by molar-refractivity contribution is -0.160. The average Bonchev–Trinajstić information content (AvgIpc) is 3.56. The number of nitrogens with one attached hydrogen (secondary N) is 2. The molecule has 1 saturated heterocycles. The van der Waals surface area contributed by atoms with Crippen molar-refractivity contribution >= 4 is 46.0 Å². The zero-order chi connectivity index (χ0) is 48.2. The van der Waals surface area contributed by atoms with Crippen molar-refractivity contribution in [3.8, 4) is 17.2 Å². The highest BCUT2D eigenvalue weighted by Crippen LogP contribution is 2.55. The molecule has 0 spiro atoms. The van der Waals surface area contributed by atoms with Crippen molar-refractivity contribution in [2.45, 2.75) is 92.1 Å². The van der Waals surface area contributed by atoms with Crippen molar-refractivity contribution in [3.63, 3.8) is 0 Å². The molecule has 0 saturated carbocycles. The number of ketones is 1. The minimum absolute atomic E-state index is 0.0469. The van der Waals surface area contributed by atoms with Gasteiger partial charge in [-0.15, -0.1) is 0 Å². The predicted octanol–water partition coefficient (Wildman–Crippen LogP) is 6.24. The third kappa shape index (κ3) is 10.2. The number of phenols is 2. The number of esters is 1. The lowest BCUT2D eigenvalue weighted by atomic mass is 9.78. The first kappa shape index (κ1) is 49.5. The summed E-state index contributed by atoms with van der Waals surface area (Å²) in [6.07, 6.45) is 5.22. The van der Waals surface area contributed by atoms with Gasteiger partial charge in [0.2, 0.25) is 0 Å². The van der Waals surface area contributed by atoms with Gasteiger partial charge in [0.25, 0.3) is 11.7 Å². The number of anilines is 2. The molecule has 4 aliphatic heterocycles. The lowest BCUT2D eigenvalue weighted by Gasteiger charge is -2.38. The van der Waals surface area contributed by atoms with Gasteiger partial charge in [0, 0.05) is 93.9 Å². The summed E-state index contributed by atoms with van der Waals surface area (Å²) in [5, 5.41) is 60.9. The topological polar surface area (TPSA) is 212 Å². The van der Waals surface area contributed by atoms with Gasteiger partial charge in [-0.3, -0.25) is 19.4 Å². The van der Waals surface area contributed by atoms with Crippen LogP contribution in [0.2, 0.25) is 0 Å². The van der Waals surface area contributed by atoms with Crippen LogP contribution in [0, 0.1) is 30.6 Å². The Morgan fingerprint density at radius 1 is 0.970 bits per heavy atom. The maximum Gasteiger partial charge on any atom is 0.312 e. The molecule has 0 unspecified atom stereocenters. The molecular weight excluding hydrogens is 847 g/mol. The largest absolute Gasteiger partial charge is 0.507 e. The number of aliphatic hydroxyl groups excluding tert-OH is 2. The number of fused-ring (bicyclic) bond motifs is 14. The van der Waals surface area contributed by atoms with E-state index >= 15 is 0 Å². The maximum atomic E-state index is 14.9. The Morgan fingerprint density at radius 3 is 2.30 bits per heavy atom. The zero-order valence-corrected chi connectivity index (χ0v) is 39.5. The lowest BCUT2D eigenvalue weighted by Crippen LogP contribution is -2.46. The van der Waals surface area contributed by atoms with Crippen LogP contribution in [0.1, 0.15) is 75.5 Å². The van der Waals surface area contributed by atoms with E-state index in [-0.39, 0.29) is 45.5 Å². The molecule has 66 heavy (non-hydrogen) atoms. The monoisotopic (exact) mass is 911 g/mol. The van der Waals surface area contributed by atoms with Gasteiger partial charge in [-0.25, -0.2) is 0 Å². The number of hydrogen-bond acceptors (Lipinski definition) is 15. The number of hydrogen-bond donors (Lipinski definition) is 6. The Morgan fingerprint density at radius 2 is 1.65 bits per heavy atom. The van der Waals surface area contributed by atoms with E-state index in [1.54, 1.807) is 65.8 Å². The van der Waals surface area contributed by atoms with Crippen molar-refractivity contribution in [1.29, 1.82) is 0 Å². The third-order valence-electron chi connectivity index (χ3n) is 13.2. The number of amides is 1. The molecule has 356 valence electrons. The standard InChI is InChI=1S/C50H65N5O11/c1-27-15-14-16-28(2)49(62)53-41-35(26-52-55-22-20-54(9)21-23-55)44(59)37-38(45(41)60)40(51-25-34-17-12-11-13-18-34)30(4)47-39(37)48(61)50(8,66-47)64-24-19-36(63-10)29(3)46(65-33(7)56)32(6)43(58)31(5)42(27)57/h11-19,24,26-27,29,31-32,36,42-43,46,51,57-60H,20-23,25H2,1-10H3,(H,53,62)/b15-14+,24-19+,28-16-,52-26+/t27-,29+,31+,32+,36-,42-,43+,46+,50-/m0/s1. The van der Waals surface area contributed by atoms with E-state index in [0.29, 0.717) is 24.3 Å². The quantitative estimate of drug-likeness (QED) is 0.0671. The van der Waals surface area contributed by atoms with Crippen LogP contribution in [0.15, 0.2) is 71.6 Å². The van der Waals surface area contributed by atoms with E-state index in [2.05, 4.69) is 20.6 Å². The summed E-state index contributed by atoms with van der Waals surface area (Å²) in [6, 6.07) is 9.52. The molecule has 16 heteroatoms. The molecule has 4 aliphatic rings. The van der Waals surface area contributed by atoms with E-state index in [1.807, 2.05) is 42.4 Å². The number of phenolic OH excluding ortho intramolecular Hbond substituents is 2. The van der Waals surface area contributed by atoms with Crippen molar-refractivity contribution in [2.24, 2.45) is 28.8 Å². The molecule has 0 aromatic heterocycles. The summed E-state index contributed by atoms with van der Waals surface area (Å²) < 4.78 is 24.3. The number of benzene rings is 3. The Balaban J connectivity index is 1.57. The Labute approximate surface area is 386 Å². The number of ether oxygens (including phenoxy) is 4. The van der Waals surface area contributed by atoms with Gasteiger partial charge in [-0.05, 0) is 32.5 Å². The molecule has 7 rings (SSSR count). The van der Waals surface area contributed by atoms with E-state index < -0.39 is 83.0 Å². The van der Waals surface area contributed by atoms with Gasteiger partial charge in [0.1, 0.15) is 23.4 Å². The molecule has 9 atom stereocenters. The minimum Gasteiger partial charge on any atom is -0.507 e. The van der Waals surface area contributed by atoms with Crippen LogP contribution in [0.3, 0.4) is 0 Å². The molecule has 1 amide bonds. The van der Waals surface area contributed by atoms with E-state index in [1.165, 1.54) is 33.4 Å². The van der Waals surface area contributed by atoms with Crippen LogP contribution in [0.5, 0.6) is 17.2 Å². The fourth-order valence-corrected chi connectivity index (χ4v) is 8.95. The first-order valence-electron chi connectivity index (χ1n) is 22.4. The maximum absolute atomic E-state index is 14.9. The number of piperazine rings is 1. The minimum atomic E-state index is -2.00. The van der Waals surface area contributed by atoms with Gasteiger partial charge in [-0.1, -0.05) is 76.3 Å². The number of methoxy groups -OCH3 is 1. The summed E-state index contributed by atoms with van der Waals surface area (Å²) in [6.45, 7) is 15.9. The highest BCUT2D eigenvalue weighted by molar-refractivity contribution is 6.25. The molecule has 5 bridgehead atoms. The Hall–Kier alpha value is -5.94. The normalized spacial score (nSPS) is 29.8. The first-order chi connectivity index (χ1) is 31.3. The Kier molecular flexibility index (Phi) is 15.5. The number of Topliss-reactive ketones (excluding diaryl/α,β-unsaturated/α-hetero) is 1. The van der Waals surface area contributed by atoms with Crippen molar-refractivity contribution in [1.82, 2.24) is 9.91 Å². The second kappa shape index (κ2) is 20.7. The van der Waals surface area contributed by atoms with E-state index in [0.717, 1.165) is 18.7 Å². The fraction of sp³-hybridized carbons (Fsp3) is 0.480. The van der Waals surface area contributed by atoms with Gasteiger partial charge in [-0.2, -0.15) is 5.10 Å². The molecule has 16 nitrogen and oxygen atoms in total. The van der Waals surface area contributed by atoms with E-state index in [9.17, 15) is 34.8 Å². The SMILES string of the molecule is CO[C@H]1/C=C/O[C@@]2(C)Oc3c(C)c(NCc4ccccc4)c4c(O)c(c(/C=N/N5CCN(C)CC5)c(O)c4c3C2=O)NC(=O)/C(C)=C\C=C\[C@H](C)[C@H](O)[C@@H](C)[C@@H](O)[C@@H](C)[C@H](OC(C)=O)[C@@H]1C. The highest BCUT2D eigenvalue weighted by Gasteiger charge is 2.50. The summed E-state index contributed by atoms with van der Waals surface area (Å²) in [4.78, 5) is 43.6. The molecular formula is C50H65N5O11. The van der Waals surface area contributed by atoms with Crippen molar-refractivity contribution < 1.29 is 53.8 Å². The average molecular weight is 912 g/mol. The van der Waals surface area contributed by atoms with Crippen LogP contribution in [-0.4, -0.2) is 125 Å². The molecule has 4 heterocycles. The number of allylic oxidation sites excluding steroid dienone is 2. The van der Waals surface area contributed by atoms with Crippen molar-refractivity contribution in [3.05, 3.63) is 88.7 Å². The van der Waals surface area contributed by atoms with Crippen LogP contribution in [0.25, 0.3) is 10.8 Å². The van der Waals surface area contributed by atoms with Crippen LogP contribution < -0.4 is 15.4 Å². The molecule has 6 N–H and O–H groups in total. The number of carbonyl (C=O) groups excluding carboxylic acids is 3. The van der Waals surface area contributed by atoms with Crippen LogP contribution >= 0.6 is 0 Å². The smallest absolute Gasteiger partial charge is 0.312 e. The number of aromatic hydroxyl groups is 2. The molecule has 0 aliphatic carbocycles. The fourth-order valence-electron chi connectivity index (χ4n) is 8.95. The Bertz CT molecular complexity index is 2410. The second-order valence-corrected chi connectivity index (χ2v) is 18.0. The number of hydrazone groups is 1. The number of aliphatic hydroxyl groups is 2. The first-order valence-corrected chi connectivity index (χ1v) is 22.4. The summed E-state index contributed by atoms with van der Waals surface area (Å²) in [5.74, 6) is -7.08. The molecule has 3 aromatic carbocycles. The van der Waals surface area contributed by atoms with Gasteiger partial charge >= 0.3 is 11.8 Å².